The monoisotopic (exact) mass is 546 g/mol. The minimum Gasteiger partial charge on any atom is -0.483 e. The second-order valence-corrected chi connectivity index (χ2v) is 8.81. The summed E-state index contributed by atoms with van der Waals surface area (Å²) in [6.07, 6.45) is 0. The van der Waals surface area contributed by atoms with Crippen LogP contribution in [0.2, 0.25) is 0 Å². The van der Waals surface area contributed by atoms with Crippen molar-refractivity contribution in [3.05, 3.63) is 75.2 Å². The van der Waals surface area contributed by atoms with Gasteiger partial charge in [0.2, 0.25) is 5.91 Å². The molecule has 7 heteroatoms. The minimum absolute atomic E-state index is 0.169. The number of carbonyl (C=O) groups is 2. The number of carbonyl (C=O) groups excluding carboxylic acids is 2. The highest BCUT2D eigenvalue weighted by atomic mass is 79.9. The first-order valence-corrected chi connectivity index (χ1v) is 11.6. The number of benzene rings is 3. The summed E-state index contributed by atoms with van der Waals surface area (Å²) in [6.45, 7) is 4.23. The van der Waals surface area contributed by atoms with Gasteiger partial charge in [0.1, 0.15) is 11.8 Å². The Morgan fingerprint density at radius 2 is 1.74 bits per heavy atom. The van der Waals surface area contributed by atoms with Gasteiger partial charge in [0.15, 0.2) is 6.61 Å². The first-order valence-electron chi connectivity index (χ1n) is 10.0. The maximum Gasteiger partial charge on any atom is 0.261 e. The van der Waals surface area contributed by atoms with Crippen LogP contribution in [0.25, 0.3) is 10.8 Å². The van der Waals surface area contributed by atoms with E-state index in [1.807, 2.05) is 67.6 Å². The summed E-state index contributed by atoms with van der Waals surface area (Å²) in [5.74, 6) is 0.128. The Morgan fingerprint density at radius 1 is 1.03 bits per heavy atom. The predicted octanol–water partition coefficient (Wildman–Crippen LogP) is 5.30. The molecule has 0 aliphatic carbocycles. The lowest BCUT2D eigenvalue weighted by Gasteiger charge is -2.28. The van der Waals surface area contributed by atoms with Gasteiger partial charge in [0.25, 0.3) is 5.91 Å². The fourth-order valence-electron chi connectivity index (χ4n) is 3.24. The van der Waals surface area contributed by atoms with Gasteiger partial charge in [-0.25, -0.2) is 0 Å². The molecule has 31 heavy (non-hydrogen) atoms. The van der Waals surface area contributed by atoms with E-state index < -0.39 is 6.04 Å². The summed E-state index contributed by atoms with van der Waals surface area (Å²) in [5, 5.41) is 4.88. The lowest BCUT2D eigenvalue weighted by Crippen LogP contribution is -2.49. The van der Waals surface area contributed by atoms with E-state index in [9.17, 15) is 9.59 Å². The molecule has 3 aromatic carbocycles. The molecule has 3 aromatic rings. The molecular formula is C24H24Br2N2O3. The van der Waals surface area contributed by atoms with Crippen molar-refractivity contribution in [3.63, 3.8) is 0 Å². The van der Waals surface area contributed by atoms with Gasteiger partial charge in [-0.15, -0.1) is 0 Å². The zero-order valence-corrected chi connectivity index (χ0v) is 20.6. The number of nitrogens with zero attached hydrogens (tertiary/aromatic N) is 1. The van der Waals surface area contributed by atoms with E-state index in [4.69, 9.17) is 4.74 Å². The van der Waals surface area contributed by atoms with Gasteiger partial charge in [-0.1, -0.05) is 58.4 Å². The number of likely N-dealkylation sites (N-methyl/N-ethyl adjacent to an activating group) is 1. The highest BCUT2D eigenvalue weighted by Crippen LogP contribution is 2.33. The molecule has 2 amide bonds. The Bertz CT molecular complexity index is 1070. The van der Waals surface area contributed by atoms with E-state index in [2.05, 4.69) is 37.2 Å². The number of ether oxygens (including phenoxy) is 1. The third-order valence-electron chi connectivity index (χ3n) is 4.96. The molecular weight excluding hydrogens is 524 g/mol. The van der Waals surface area contributed by atoms with E-state index in [-0.39, 0.29) is 18.4 Å². The second kappa shape index (κ2) is 10.8. The number of hydrogen-bond donors (Lipinski definition) is 1. The van der Waals surface area contributed by atoms with Crippen LogP contribution in [0.5, 0.6) is 5.75 Å². The fraction of sp³-hybridized carbons (Fsp3) is 0.250. The summed E-state index contributed by atoms with van der Waals surface area (Å²) in [6, 6.07) is 18.8. The molecule has 0 bridgehead atoms. The Kier molecular flexibility index (Phi) is 8.09. The molecule has 5 nitrogen and oxygen atoms in total. The summed E-state index contributed by atoms with van der Waals surface area (Å²) >= 11 is 7.00. The molecule has 1 N–H and O–H groups in total. The SMILES string of the molecule is CCNC(=O)[C@H](C)N(Cc1ccc(Br)cc1)C(=O)COc1ccc2ccccc2c1Br. The smallest absolute Gasteiger partial charge is 0.261 e. The number of fused-ring (bicyclic) bond motifs is 1. The van der Waals surface area contributed by atoms with E-state index in [0.717, 1.165) is 25.3 Å². The Morgan fingerprint density at radius 3 is 2.45 bits per heavy atom. The van der Waals surface area contributed by atoms with Crippen molar-refractivity contribution in [1.29, 1.82) is 0 Å². The highest BCUT2D eigenvalue weighted by Gasteiger charge is 2.26. The van der Waals surface area contributed by atoms with Crippen LogP contribution in [0.3, 0.4) is 0 Å². The van der Waals surface area contributed by atoms with Crippen LogP contribution < -0.4 is 10.1 Å². The molecule has 0 saturated carbocycles. The van der Waals surface area contributed by atoms with Crippen LogP contribution in [0.4, 0.5) is 0 Å². The van der Waals surface area contributed by atoms with Gasteiger partial charge in [0.05, 0.1) is 4.47 Å². The molecule has 0 unspecified atom stereocenters. The van der Waals surface area contributed by atoms with Crippen LogP contribution in [0.15, 0.2) is 69.6 Å². The Hall–Kier alpha value is -2.38. The maximum absolute atomic E-state index is 13.1. The Balaban J connectivity index is 1.78. The van der Waals surface area contributed by atoms with E-state index >= 15 is 0 Å². The normalized spacial score (nSPS) is 11.7. The number of hydrogen-bond acceptors (Lipinski definition) is 3. The largest absolute Gasteiger partial charge is 0.483 e. The average molecular weight is 548 g/mol. The average Bonchev–Trinajstić information content (AvgIpc) is 2.78. The first-order chi connectivity index (χ1) is 14.9. The summed E-state index contributed by atoms with van der Waals surface area (Å²) in [5.41, 5.74) is 0.930. The van der Waals surface area contributed by atoms with Gasteiger partial charge in [-0.05, 0) is 64.3 Å². The second-order valence-electron chi connectivity index (χ2n) is 7.11. The zero-order chi connectivity index (χ0) is 22.4. The highest BCUT2D eigenvalue weighted by molar-refractivity contribution is 9.11. The quantitative estimate of drug-likeness (QED) is 0.416. The van der Waals surface area contributed by atoms with Crippen molar-refractivity contribution in [2.75, 3.05) is 13.2 Å². The van der Waals surface area contributed by atoms with Crippen molar-refractivity contribution < 1.29 is 14.3 Å². The van der Waals surface area contributed by atoms with Gasteiger partial charge < -0.3 is 15.0 Å². The van der Waals surface area contributed by atoms with Crippen LogP contribution >= 0.6 is 31.9 Å². The lowest BCUT2D eigenvalue weighted by molar-refractivity contribution is -0.142. The van der Waals surface area contributed by atoms with Crippen molar-refractivity contribution in [2.45, 2.75) is 26.4 Å². The van der Waals surface area contributed by atoms with Gasteiger partial charge in [0, 0.05) is 17.6 Å². The van der Waals surface area contributed by atoms with Crippen molar-refractivity contribution in [2.24, 2.45) is 0 Å². The molecule has 0 spiro atoms. The van der Waals surface area contributed by atoms with Crippen molar-refractivity contribution in [3.8, 4) is 5.75 Å². The van der Waals surface area contributed by atoms with Gasteiger partial charge in [-0.2, -0.15) is 0 Å². The minimum atomic E-state index is -0.625. The summed E-state index contributed by atoms with van der Waals surface area (Å²) in [7, 11) is 0. The molecule has 162 valence electrons. The van der Waals surface area contributed by atoms with Crippen LogP contribution in [-0.4, -0.2) is 35.9 Å². The molecule has 0 radical (unpaired) electrons. The third-order valence-corrected chi connectivity index (χ3v) is 6.31. The van der Waals surface area contributed by atoms with Crippen LogP contribution in [0, 0.1) is 0 Å². The number of rotatable bonds is 8. The lowest BCUT2D eigenvalue weighted by atomic mass is 10.1. The molecule has 0 aliphatic heterocycles. The molecule has 0 aromatic heterocycles. The van der Waals surface area contributed by atoms with E-state index in [1.165, 1.54) is 0 Å². The number of amides is 2. The van der Waals surface area contributed by atoms with Crippen LogP contribution in [0.1, 0.15) is 19.4 Å². The molecule has 0 fully saturated rings. The molecule has 0 heterocycles. The maximum atomic E-state index is 13.1. The van der Waals surface area contributed by atoms with Gasteiger partial charge in [-0.3, -0.25) is 9.59 Å². The van der Waals surface area contributed by atoms with Gasteiger partial charge >= 0.3 is 0 Å². The van der Waals surface area contributed by atoms with Crippen LogP contribution in [-0.2, 0) is 16.1 Å². The predicted molar refractivity (Wildman–Crippen MR) is 130 cm³/mol. The fourth-order valence-corrected chi connectivity index (χ4v) is 4.11. The van der Waals surface area contributed by atoms with Crippen molar-refractivity contribution in [1.82, 2.24) is 10.2 Å². The molecule has 0 saturated heterocycles. The van der Waals surface area contributed by atoms with Crippen molar-refractivity contribution >= 4 is 54.4 Å². The summed E-state index contributed by atoms with van der Waals surface area (Å²) < 4.78 is 7.61. The Labute approximate surface area is 199 Å². The standard InChI is InChI=1S/C24H24Br2N2O3/c1-3-27-24(30)16(2)28(14-17-8-11-19(25)12-9-17)22(29)15-31-21-13-10-18-6-4-5-7-20(18)23(21)26/h4-13,16H,3,14-15H2,1-2H3,(H,27,30)/t16-/m0/s1. The summed E-state index contributed by atoms with van der Waals surface area (Å²) in [4.78, 5) is 27.1. The topological polar surface area (TPSA) is 58.6 Å². The van der Waals surface area contributed by atoms with E-state index in [0.29, 0.717) is 18.8 Å². The van der Waals surface area contributed by atoms with E-state index in [1.54, 1.807) is 11.8 Å². The molecule has 0 aliphatic rings. The first kappa shape index (κ1) is 23.3. The number of halogens is 2. The zero-order valence-electron chi connectivity index (χ0n) is 17.4. The third kappa shape index (κ3) is 5.86. The molecule has 3 rings (SSSR count). The number of nitrogens with one attached hydrogen (secondary N) is 1. The molecule has 1 atom stereocenters.